The normalized spacial score (nSPS) is 17.5. The fourth-order valence-electron chi connectivity index (χ4n) is 2.88. The first-order chi connectivity index (χ1) is 11.3. The molecule has 0 saturated carbocycles. The number of carbonyl (C=O) groups is 1. The summed E-state index contributed by atoms with van der Waals surface area (Å²) in [4.78, 5) is 13.6. The molecule has 8 heteroatoms. The van der Waals surface area contributed by atoms with E-state index in [4.69, 9.17) is 0 Å². The number of carbonyl (C=O) groups excluding carboxylic acids is 1. The van der Waals surface area contributed by atoms with Gasteiger partial charge in [0.15, 0.2) is 0 Å². The van der Waals surface area contributed by atoms with E-state index in [1.807, 2.05) is 17.5 Å². The lowest BCUT2D eigenvalue weighted by Crippen LogP contribution is -2.35. The van der Waals surface area contributed by atoms with E-state index >= 15 is 0 Å². The second-order valence-corrected chi connectivity index (χ2v) is 6.52. The molecular formula is C15H16N6OS. The van der Waals surface area contributed by atoms with Gasteiger partial charge in [-0.15, -0.1) is 21.5 Å². The highest BCUT2D eigenvalue weighted by atomic mass is 32.1. The van der Waals surface area contributed by atoms with Crippen molar-refractivity contribution in [2.45, 2.75) is 31.8 Å². The number of thiophene rings is 1. The zero-order chi connectivity index (χ0) is 15.6. The molecule has 1 atom stereocenters. The van der Waals surface area contributed by atoms with E-state index in [2.05, 4.69) is 30.3 Å². The monoisotopic (exact) mass is 328 g/mol. The van der Waals surface area contributed by atoms with Crippen molar-refractivity contribution in [3.63, 3.8) is 0 Å². The van der Waals surface area contributed by atoms with Crippen LogP contribution in [-0.2, 0) is 13.0 Å². The summed E-state index contributed by atoms with van der Waals surface area (Å²) in [5.74, 6) is 0.911. The number of rotatable bonds is 3. The first-order valence-corrected chi connectivity index (χ1v) is 8.44. The van der Waals surface area contributed by atoms with Gasteiger partial charge < -0.3 is 9.88 Å². The summed E-state index contributed by atoms with van der Waals surface area (Å²) >= 11 is 1.58. The predicted molar refractivity (Wildman–Crippen MR) is 86.1 cm³/mol. The molecule has 0 aliphatic carbocycles. The molecule has 4 heterocycles. The van der Waals surface area contributed by atoms with Gasteiger partial charge in [-0.2, -0.15) is 5.10 Å². The Labute approximate surface area is 136 Å². The van der Waals surface area contributed by atoms with Crippen LogP contribution in [0.5, 0.6) is 0 Å². The maximum absolute atomic E-state index is 12.6. The molecule has 0 aromatic carbocycles. The quantitative estimate of drug-likeness (QED) is 0.768. The Kier molecular flexibility index (Phi) is 3.66. The van der Waals surface area contributed by atoms with Crippen LogP contribution in [0.15, 0.2) is 30.0 Å². The molecule has 7 nitrogen and oxygen atoms in total. The third kappa shape index (κ3) is 2.77. The molecule has 3 aromatic heterocycles. The van der Waals surface area contributed by atoms with Gasteiger partial charge in [-0.1, -0.05) is 6.07 Å². The van der Waals surface area contributed by atoms with Gasteiger partial charge in [-0.05, 0) is 24.3 Å². The summed E-state index contributed by atoms with van der Waals surface area (Å²) in [6.45, 7) is 0.830. The van der Waals surface area contributed by atoms with Crippen molar-refractivity contribution in [1.29, 1.82) is 0 Å². The summed E-state index contributed by atoms with van der Waals surface area (Å²) in [5.41, 5.74) is 1.37. The van der Waals surface area contributed by atoms with Gasteiger partial charge in [0.05, 0.1) is 22.3 Å². The van der Waals surface area contributed by atoms with Crippen LogP contribution in [0.3, 0.4) is 0 Å². The summed E-state index contributed by atoms with van der Waals surface area (Å²) in [5, 5.41) is 20.1. The fourth-order valence-corrected chi connectivity index (χ4v) is 3.61. The van der Waals surface area contributed by atoms with Crippen LogP contribution in [0.25, 0.3) is 10.6 Å². The lowest BCUT2D eigenvalue weighted by molar-refractivity contribution is 0.0933. The van der Waals surface area contributed by atoms with Crippen molar-refractivity contribution >= 4 is 17.2 Å². The molecule has 3 aromatic rings. The molecule has 1 aliphatic rings. The summed E-state index contributed by atoms with van der Waals surface area (Å²) in [7, 11) is 0. The molecule has 0 radical (unpaired) electrons. The van der Waals surface area contributed by atoms with Crippen molar-refractivity contribution < 1.29 is 4.79 Å². The Morgan fingerprint density at radius 2 is 2.39 bits per heavy atom. The smallest absolute Gasteiger partial charge is 0.255 e. The van der Waals surface area contributed by atoms with E-state index < -0.39 is 0 Å². The Morgan fingerprint density at radius 3 is 3.26 bits per heavy atom. The maximum atomic E-state index is 12.6. The molecule has 1 unspecified atom stereocenters. The number of aromatic amines is 1. The molecule has 4 rings (SSSR count). The zero-order valence-electron chi connectivity index (χ0n) is 12.4. The van der Waals surface area contributed by atoms with E-state index in [0.717, 1.165) is 42.2 Å². The fraction of sp³-hybridized carbons (Fsp3) is 0.333. The summed E-state index contributed by atoms with van der Waals surface area (Å²) < 4.78 is 2.06. The molecule has 0 fully saturated rings. The molecule has 23 heavy (non-hydrogen) atoms. The van der Waals surface area contributed by atoms with Crippen LogP contribution in [0.4, 0.5) is 0 Å². The molecule has 0 spiro atoms. The summed E-state index contributed by atoms with van der Waals surface area (Å²) in [6, 6.07) is 4.07. The van der Waals surface area contributed by atoms with Crippen LogP contribution in [0, 0.1) is 0 Å². The molecular weight excluding hydrogens is 312 g/mol. The second kappa shape index (κ2) is 5.96. The number of amides is 1. The average Bonchev–Trinajstić information content (AvgIpc) is 3.28. The highest BCUT2D eigenvalue weighted by Crippen LogP contribution is 2.26. The van der Waals surface area contributed by atoms with Crippen LogP contribution in [0.1, 0.15) is 29.0 Å². The van der Waals surface area contributed by atoms with E-state index in [0.29, 0.717) is 5.56 Å². The third-order valence-corrected chi connectivity index (χ3v) is 5.00. The van der Waals surface area contributed by atoms with Crippen LogP contribution >= 0.6 is 11.3 Å². The Bertz CT molecular complexity index is 783. The highest BCUT2D eigenvalue weighted by molar-refractivity contribution is 7.13. The first kappa shape index (κ1) is 14.1. The van der Waals surface area contributed by atoms with E-state index in [1.165, 1.54) is 0 Å². The van der Waals surface area contributed by atoms with Crippen molar-refractivity contribution in [2.75, 3.05) is 0 Å². The van der Waals surface area contributed by atoms with E-state index in [1.54, 1.807) is 23.9 Å². The number of nitrogens with zero attached hydrogens (tertiary/aromatic N) is 4. The zero-order valence-corrected chi connectivity index (χ0v) is 13.2. The van der Waals surface area contributed by atoms with Gasteiger partial charge in [0, 0.05) is 19.0 Å². The minimum Gasteiger partial charge on any atom is -0.349 e. The van der Waals surface area contributed by atoms with Crippen molar-refractivity contribution in [2.24, 2.45) is 0 Å². The Hall–Kier alpha value is -2.48. The minimum atomic E-state index is -0.0789. The number of aromatic nitrogens is 5. The molecule has 118 valence electrons. The number of hydrogen-bond donors (Lipinski definition) is 2. The first-order valence-electron chi connectivity index (χ1n) is 7.56. The van der Waals surface area contributed by atoms with Gasteiger partial charge in [0.25, 0.3) is 5.91 Å². The standard InChI is InChI=1S/C15H16N6OS/c22-15(11-8-16-20-14(11)12-2-1-7-23-12)18-10-3-4-13-19-17-9-21(13)6-5-10/h1-2,7-10H,3-6H2,(H,16,20)(H,18,22). The molecule has 0 bridgehead atoms. The number of fused-ring (bicyclic) bond motifs is 1. The topological polar surface area (TPSA) is 88.5 Å². The number of hydrogen-bond acceptors (Lipinski definition) is 5. The summed E-state index contributed by atoms with van der Waals surface area (Å²) in [6.07, 6.45) is 5.92. The SMILES string of the molecule is O=C(NC1CCc2nncn2CC1)c1cn[nH]c1-c1cccs1. The Morgan fingerprint density at radius 1 is 1.43 bits per heavy atom. The lowest BCUT2D eigenvalue weighted by Gasteiger charge is -2.15. The highest BCUT2D eigenvalue weighted by Gasteiger charge is 2.22. The van der Waals surface area contributed by atoms with Crippen LogP contribution < -0.4 is 5.32 Å². The average molecular weight is 328 g/mol. The second-order valence-electron chi connectivity index (χ2n) is 5.57. The maximum Gasteiger partial charge on any atom is 0.255 e. The van der Waals surface area contributed by atoms with E-state index in [9.17, 15) is 4.79 Å². The number of H-pyrrole nitrogens is 1. The largest absolute Gasteiger partial charge is 0.349 e. The molecule has 1 amide bonds. The van der Waals surface area contributed by atoms with Gasteiger partial charge in [0.2, 0.25) is 0 Å². The van der Waals surface area contributed by atoms with Crippen LogP contribution in [-0.4, -0.2) is 36.9 Å². The van der Waals surface area contributed by atoms with Crippen LogP contribution in [0.2, 0.25) is 0 Å². The van der Waals surface area contributed by atoms with Gasteiger partial charge in [-0.3, -0.25) is 9.89 Å². The van der Waals surface area contributed by atoms with Gasteiger partial charge in [0.1, 0.15) is 12.2 Å². The minimum absolute atomic E-state index is 0.0789. The third-order valence-electron chi connectivity index (χ3n) is 4.12. The van der Waals surface area contributed by atoms with Gasteiger partial charge in [-0.25, -0.2) is 0 Å². The molecule has 2 N–H and O–H groups in total. The number of aryl methyl sites for hydroxylation is 2. The molecule has 1 aliphatic heterocycles. The van der Waals surface area contributed by atoms with Crippen molar-refractivity contribution in [3.8, 4) is 10.6 Å². The van der Waals surface area contributed by atoms with Crippen molar-refractivity contribution in [3.05, 3.63) is 41.4 Å². The number of nitrogens with one attached hydrogen (secondary N) is 2. The Balaban J connectivity index is 1.47. The molecule has 0 saturated heterocycles. The van der Waals surface area contributed by atoms with E-state index in [-0.39, 0.29) is 11.9 Å². The lowest BCUT2D eigenvalue weighted by atomic mass is 10.1. The predicted octanol–water partition coefficient (Wildman–Crippen LogP) is 1.86. The van der Waals surface area contributed by atoms with Crippen molar-refractivity contribution in [1.82, 2.24) is 30.3 Å². The van der Waals surface area contributed by atoms with Gasteiger partial charge >= 0.3 is 0 Å².